The Morgan fingerprint density at radius 1 is 1.15 bits per heavy atom. The number of aromatic nitrogens is 3. The molecule has 204 valence electrons. The van der Waals surface area contributed by atoms with E-state index in [0.717, 1.165) is 87.9 Å². The average Bonchev–Trinajstić information content (AvgIpc) is 3.48. The summed E-state index contributed by atoms with van der Waals surface area (Å²) < 4.78 is 8.81. The number of amides is 1. The zero-order valence-electron chi connectivity index (χ0n) is 22.4. The van der Waals surface area contributed by atoms with Gasteiger partial charge in [0.2, 0.25) is 5.91 Å². The van der Waals surface area contributed by atoms with Gasteiger partial charge >= 0.3 is 0 Å². The first-order chi connectivity index (χ1) is 18.9. The first-order valence-electron chi connectivity index (χ1n) is 13.2. The number of ether oxygens (including phenoxy) is 1. The lowest BCUT2D eigenvalue weighted by Gasteiger charge is -2.34. The third kappa shape index (κ3) is 4.81. The molecule has 10 nitrogen and oxygen atoms in total. The van der Waals surface area contributed by atoms with E-state index >= 15 is 0 Å². The summed E-state index contributed by atoms with van der Waals surface area (Å²) >= 11 is 1.69. The van der Waals surface area contributed by atoms with E-state index in [9.17, 15) is 4.79 Å². The first kappa shape index (κ1) is 25.6. The number of rotatable bonds is 7. The third-order valence-electron chi connectivity index (χ3n) is 7.69. The number of carbonyl (C=O) groups is 1. The molecule has 11 heteroatoms. The van der Waals surface area contributed by atoms with Gasteiger partial charge in [-0.1, -0.05) is 12.6 Å². The summed E-state index contributed by atoms with van der Waals surface area (Å²) in [6.45, 7) is 12.9. The molecule has 3 aromatic heterocycles. The van der Waals surface area contributed by atoms with E-state index in [1.54, 1.807) is 18.4 Å². The van der Waals surface area contributed by atoms with E-state index in [-0.39, 0.29) is 5.91 Å². The number of methoxy groups -OCH3 is 1. The van der Waals surface area contributed by atoms with E-state index < -0.39 is 0 Å². The standard InChI is InChI=1S/C28H34N8O2S/c1-4-33-7-9-34(10-8-33)15-21-20(14-35-6-5-30-24(37)16-35)25(26-28(29)31-17-32-36(21)26)23-13-19-11-18(2)12-22(38-3)27(19)39-23/h4,11-13,17H,1,5-10,14-16H2,2-3H3,(H,30,37)(H2,29,31,32). The second-order valence-corrected chi connectivity index (χ2v) is 11.3. The highest BCUT2D eigenvalue weighted by Crippen LogP contribution is 2.44. The predicted molar refractivity (Wildman–Crippen MR) is 155 cm³/mol. The van der Waals surface area contributed by atoms with Crippen LogP contribution in [0.3, 0.4) is 0 Å². The Morgan fingerprint density at radius 2 is 1.97 bits per heavy atom. The van der Waals surface area contributed by atoms with E-state index in [2.05, 4.69) is 56.7 Å². The topological polar surface area (TPSA) is 104 Å². The molecule has 2 aliphatic rings. The normalized spacial score (nSPS) is 17.2. The molecule has 0 radical (unpaired) electrons. The zero-order valence-corrected chi connectivity index (χ0v) is 23.3. The van der Waals surface area contributed by atoms with Crippen LogP contribution < -0.4 is 15.8 Å². The van der Waals surface area contributed by atoms with Crippen molar-refractivity contribution in [3.8, 4) is 16.2 Å². The predicted octanol–water partition coefficient (Wildman–Crippen LogP) is 2.70. The quantitative estimate of drug-likeness (QED) is 0.365. The number of nitrogens with two attached hydrogens (primary N) is 1. The number of piperazine rings is 2. The molecule has 0 unspecified atom stereocenters. The lowest BCUT2D eigenvalue weighted by molar-refractivity contribution is -0.124. The van der Waals surface area contributed by atoms with Crippen molar-refractivity contribution in [3.05, 3.63) is 54.1 Å². The summed E-state index contributed by atoms with van der Waals surface area (Å²) in [5.74, 6) is 1.36. The minimum Gasteiger partial charge on any atom is -0.495 e. The Balaban J connectivity index is 1.53. The summed E-state index contributed by atoms with van der Waals surface area (Å²) in [6, 6.07) is 6.47. The lowest BCUT2D eigenvalue weighted by atomic mass is 10.0. The molecular formula is C28H34N8O2S. The maximum absolute atomic E-state index is 12.3. The van der Waals surface area contributed by atoms with Crippen LogP contribution in [0.2, 0.25) is 0 Å². The first-order valence-corrected chi connectivity index (χ1v) is 14.1. The monoisotopic (exact) mass is 546 g/mol. The van der Waals surface area contributed by atoms with Crippen molar-refractivity contribution in [3.63, 3.8) is 0 Å². The van der Waals surface area contributed by atoms with Gasteiger partial charge in [-0.25, -0.2) is 9.50 Å². The van der Waals surface area contributed by atoms with Crippen LogP contribution in [0, 0.1) is 6.92 Å². The summed E-state index contributed by atoms with van der Waals surface area (Å²) in [4.78, 5) is 24.7. The SMILES string of the molecule is C=CN1CCN(Cc2c(CN3CCNC(=O)C3)c(-c3cc4cc(C)cc(OC)c4s3)c3c(N)ncnn23)CC1. The number of anilines is 1. The number of nitrogens with zero attached hydrogens (tertiary/aromatic N) is 6. The molecule has 0 aliphatic carbocycles. The highest BCUT2D eigenvalue weighted by atomic mass is 32.1. The number of fused-ring (bicyclic) bond motifs is 2. The molecule has 5 heterocycles. The molecule has 1 amide bonds. The number of hydrogen-bond acceptors (Lipinski definition) is 9. The van der Waals surface area contributed by atoms with Crippen LogP contribution in [0.25, 0.3) is 26.0 Å². The number of benzene rings is 1. The fourth-order valence-electron chi connectivity index (χ4n) is 5.72. The zero-order chi connectivity index (χ0) is 27.1. The summed E-state index contributed by atoms with van der Waals surface area (Å²) in [6.07, 6.45) is 3.45. The largest absolute Gasteiger partial charge is 0.495 e. The van der Waals surface area contributed by atoms with Crippen molar-refractivity contribution in [2.24, 2.45) is 0 Å². The molecule has 0 atom stereocenters. The molecule has 6 rings (SSSR count). The van der Waals surface area contributed by atoms with Crippen molar-refractivity contribution in [2.75, 3.05) is 58.7 Å². The van der Waals surface area contributed by atoms with Crippen LogP contribution in [0.4, 0.5) is 5.82 Å². The minimum atomic E-state index is 0.0510. The van der Waals surface area contributed by atoms with Crippen molar-refractivity contribution in [2.45, 2.75) is 20.0 Å². The van der Waals surface area contributed by atoms with Crippen LogP contribution in [0.15, 0.2) is 37.3 Å². The molecule has 0 saturated carbocycles. The van der Waals surface area contributed by atoms with Gasteiger partial charge in [0.1, 0.15) is 17.6 Å². The highest BCUT2D eigenvalue weighted by molar-refractivity contribution is 7.22. The number of nitrogen functional groups attached to an aromatic ring is 1. The van der Waals surface area contributed by atoms with Gasteiger partial charge in [0, 0.05) is 68.4 Å². The molecule has 2 fully saturated rings. The molecular weight excluding hydrogens is 512 g/mol. The highest BCUT2D eigenvalue weighted by Gasteiger charge is 2.29. The lowest BCUT2D eigenvalue weighted by Crippen LogP contribution is -2.47. The van der Waals surface area contributed by atoms with Gasteiger partial charge in [-0.3, -0.25) is 14.6 Å². The summed E-state index contributed by atoms with van der Waals surface area (Å²) in [7, 11) is 1.71. The second kappa shape index (κ2) is 10.5. The number of aryl methyl sites for hydroxylation is 1. The van der Waals surface area contributed by atoms with Crippen LogP contribution in [0.5, 0.6) is 5.75 Å². The van der Waals surface area contributed by atoms with Crippen LogP contribution in [0.1, 0.15) is 16.8 Å². The van der Waals surface area contributed by atoms with Crippen molar-refractivity contribution in [1.82, 2.24) is 34.6 Å². The van der Waals surface area contributed by atoms with Crippen LogP contribution in [-0.4, -0.2) is 88.1 Å². The van der Waals surface area contributed by atoms with Gasteiger partial charge in [-0.2, -0.15) is 5.10 Å². The fourth-order valence-corrected chi connectivity index (χ4v) is 6.93. The molecule has 3 N–H and O–H groups in total. The number of hydrogen-bond donors (Lipinski definition) is 2. The molecule has 0 bridgehead atoms. The van der Waals surface area contributed by atoms with Gasteiger partial charge in [0.05, 0.1) is 24.0 Å². The van der Waals surface area contributed by atoms with Crippen molar-refractivity contribution >= 4 is 38.7 Å². The smallest absolute Gasteiger partial charge is 0.234 e. The fraction of sp³-hybridized carbons (Fsp3) is 0.393. The Kier molecular flexibility index (Phi) is 6.88. The number of carbonyl (C=O) groups excluding carboxylic acids is 1. The van der Waals surface area contributed by atoms with Gasteiger partial charge in [0.15, 0.2) is 5.82 Å². The number of thiophene rings is 1. The van der Waals surface area contributed by atoms with Crippen LogP contribution >= 0.6 is 11.3 Å². The molecule has 2 aliphatic heterocycles. The van der Waals surface area contributed by atoms with Crippen LogP contribution in [-0.2, 0) is 17.9 Å². The Hall–Kier alpha value is -3.67. The molecule has 0 spiro atoms. The summed E-state index contributed by atoms with van der Waals surface area (Å²) in [5.41, 5.74) is 11.8. The summed E-state index contributed by atoms with van der Waals surface area (Å²) in [5, 5.41) is 8.79. The van der Waals surface area contributed by atoms with Crippen molar-refractivity contribution < 1.29 is 9.53 Å². The van der Waals surface area contributed by atoms with E-state index in [0.29, 0.717) is 25.5 Å². The minimum absolute atomic E-state index is 0.0510. The van der Waals surface area contributed by atoms with Gasteiger partial charge in [-0.15, -0.1) is 11.3 Å². The van der Waals surface area contributed by atoms with Gasteiger partial charge < -0.3 is 20.7 Å². The molecule has 2 saturated heterocycles. The van der Waals surface area contributed by atoms with E-state index in [1.165, 1.54) is 6.33 Å². The van der Waals surface area contributed by atoms with E-state index in [4.69, 9.17) is 15.6 Å². The maximum atomic E-state index is 12.3. The Morgan fingerprint density at radius 3 is 2.72 bits per heavy atom. The number of nitrogens with one attached hydrogen (secondary N) is 1. The van der Waals surface area contributed by atoms with Gasteiger partial charge in [0.25, 0.3) is 0 Å². The third-order valence-corrected chi connectivity index (χ3v) is 8.87. The van der Waals surface area contributed by atoms with E-state index in [1.807, 2.05) is 10.7 Å². The molecule has 4 aromatic rings. The van der Waals surface area contributed by atoms with Gasteiger partial charge in [-0.05, 0) is 36.2 Å². The van der Waals surface area contributed by atoms with Crippen molar-refractivity contribution in [1.29, 1.82) is 0 Å². The molecule has 39 heavy (non-hydrogen) atoms. The Labute approximate surface area is 231 Å². The average molecular weight is 547 g/mol. The molecule has 1 aromatic carbocycles. The Bertz CT molecular complexity index is 1550. The maximum Gasteiger partial charge on any atom is 0.234 e. The second-order valence-electron chi connectivity index (χ2n) is 10.3.